The molecule has 7 heteroatoms. The number of rotatable bonds is 6. The van der Waals surface area contributed by atoms with Gasteiger partial charge in [-0.3, -0.25) is 4.79 Å². The molecule has 0 N–H and O–H groups in total. The van der Waals surface area contributed by atoms with Gasteiger partial charge >= 0.3 is 0 Å². The van der Waals surface area contributed by atoms with E-state index >= 15 is 0 Å². The number of thioether (sulfide) groups is 1. The van der Waals surface area contributed by atoms with Gasteiger partial charge in [0.2, 0.25) is 5.16 Å². The highest BCUT2D eigenvalue weighted by Gasteiger charge is 2.18. The molecule has 0 atom stereocenters. The largest absolute Gasteiger partial charge is 0.349 e. The second-order valence-electron chi connectivity index (χ2n) is 6.40. The zero-order valence-electron chi connectivity index (χ0n) is 15.8. The summed E-state index contributed by atoms with van der Waals surface area (Å²) in [5.41, 5.74) is 6.07. The van der Waals surface area contributed by atoms with E-state index in [-0.39, 0.29) is 5.78 Å². The fourth-order valence-corrected chi connectivity index (χ4v) is 3.91. The highest BCUT2D eigenvalue weighted by atomic mass is 32.2. The van der Waals surface area contributed by atoms with Gasteiger partial charge in [-0.1, -0.05) is 23.9 Å². The van der Waals surface area contributed by atoms with Crippen LogP contribution in [-0.4, -0.2) is 36.3 Å². The number of aryl methyl sites for hydroxylation is 3. The molecule has 3 aromatic rings. The zero-order chi connectivity index (χ0) is 18.8. The summed E-state index contributed by atoms with van der Waals surface area (Å²) in [4.78, 5) is 12.7. The number of carbonyl (C=O) groups excluding carboxylic acids is 1. The Morgan fingerprint density at radius 1 is 1.15 bits per heavy atom. The molecule has 2 aromatic heterocycles. The van der Waals surface area contributed by atoms with Gasteiger partial charge < -0.3 is 4.57 Å². The number of benzene rings is 1. The van der Waals surface area contributed by atoms with Gasteiger partial charge in [0.05, 0.1) is 11.4 Å². The molecule has 0 spiro atoms. The molecule has 3 rings (SSSR count). The molecule has 136 valence electrons. The van der Waals surface area contributed by atoms with Crippen LogP contribution >= 0.6 is 11.8 Å². The van der Waals surface area contributed by atoms with E-state index in [1.165, 1.54) is 11.8 Å². The number of hydrogen-bond donors (Lipinski definition) is 0. The number of tetrazole rings is 1. The maximum Gasteiger partial charge on any atom is 0.214 e. The van der Waals surface area contributed by atoms with Crippen molar-refractivity contribution in [3.05, 3.63) is 52.3 Å². The molecule has 0 aliphatic heterocycles. The van der Waals surface area contributed by atoms with Gasteiger partial charge in [-0.15, -0.1) is 5.10 Å². The van der Waals surface area contributed by atoms with Crippen molar-refractivity contribution in [3.8, 4) is 5.69 Å². The lowest BCUT2D eigenvalue weighted by molar-refractivity contribution is 0.102. The molecular weight excluding hydrogens is 346 g/mol. The minimum atomic E-state index is 0.0957. The molecule has 0 radical (unpaired) electrons. The first kappa shape index (κ1) is 18.4. The van der Waals surface area contributed by atoms with Gasteiger partial charge in [0, 0.05) is 23.5 Å². The minimum Gasteiger partial charge on any atom is -0.349 e. The maximum absolute atomic E-state index is 12.7. The van der Waals surface area contributed by atoms with E-state index in [9.17, 15) is 4.79 Å². The molecule has 0 aliphatic rings. The molecule has 0 saturated heterocycles. The maximum atomic E-state index is 12.7. The van der Waals surface area contributed by atoms with Crippen LogP contribution in [-0.2, 0) is 6.54 Å². The predicted molar refractivity (Wildman–Crippen MR) is 103 cm³/mol. The van der Waals surface area contributed by atoms with Crippen molar-refractivity contribution in [1.82, 2.24) is 24.8 Å². The molecule has 6 nitrogen and oxygen atoms in total. The molecule has 26 heavy (non-hydrogen) atoms. The number of Topliss-reactive ketones (excluding diaryl/α,β-unsaturated/α-hetero) is 1. The molecular formula is C19H23N5OS. The lowest BCUT2D eigenvalue weighted by Crippen LogP contribution is -2.07. The molecule has 0 bridgehead atoms. The summed E-state index contributed by atoms with van der Waals surface area (Å²) in [7, 11) is 0. The average Bonchev–Trinajstić information content (AvgIpc) is 3.19. The lowest BCUT2D eigenvalue weighted by atomic mass is 10.1. The number of aromatic nitrogens is 5. The zero-order valence-corrected chi connectivity index (χ0v) is 16.6. The van der Waals surface area contributed by atoms with Crippen molar-refractivity contribution in [2.75, 3.05) is 5.75 Å². The Labute approximate surface area is 157 Å². The normalized spacial score (nSPS) is 11.1. The van der Waals surface area contributed by atoms with Crippen molar-refractivity contribution < 1.29 is 4.79 Å². The van der Waals surface area contributed by atoms with E-state index in [0.717, 1.165) is 40.3 Å². The molecule has 0 unspecified atom stereocenters. The Balaban J connectivity index is 1.81. The van der Waals surface area contributed by atoms with Crippen LogP contribution in [0.5, 0.6) is 0 Å². The standard InChI is InChI=1S/C19H23N5OS/c1-6-23-14(4)10-16(15(23)5)18(25)11-26-19-20-21-22-24(19)17-9-12(2)7-8-13(17)3/h7-10H,6,11H2,1-5H3. The van der Waals surface area contributed by atoms with Crippen molar-refractivity contribution >= 4 is 17.5 Å². The monoisotopic (exact) mass is 369 g/mol. The minimum absolute atomic E-state index is 0.0957. The van der Waals surface area contributed by atoms with Gasteiger partial charge in [-0.25, -0.2) is 0 Å². The Hall–Kier alpha value is -2.41. The number of carbonyl (C=O) groups is 1. The van der Waals surface area contributed by atoms with Crippen LogP contribution in [0.15, 0.2) is 29.4 Å². The number of hydrogen-bond acceptors (Lipinski definition) is 5. The van der Waals surface area contributed by atoms with Crippen LogP contribution in [0.3, 0.4) is 0 Å². The summed E-state index contributed by atoms with van der Waals surface area (Å²) in [6.45, 7) is 11.0. The van der Waals surface area contributed by atoms with Crippen LogP contribution in [0.2, 0.25) is 0 Å². The SMILES string of the molecule is CCn1c(C)cc(C(=O)CSc2nnnn2-c2cc(C)ccc2C)c1C. The third-order valence-corrected chi connectivity index (χ3v) is 5.48. The quantitative estimate of drug-likeness (QED) is 0.490. The van der Waals surface area contributed by atoms with Crippen LogP contribution in [0.1, 0.15) is 39.8 Å². The van der Waals surface area contributed by atoms with E-state index in [1.807, 2.05) is 45.9 Å². The smallest absolute Gasteiger partial charge is 0.214 e. The summed E-state index contributed by atoms with van der Waals surface area (Å²) >= 11 is 1.37. The van der Waals surface area contributed by atoms with E-state index in [2.05, 4.69) is 33.1 Å². The highest BCUT2D eigenvalue weighted by Crippen LogP contribution is 2.24. The number of nitrogens with zero attached hydrogens (tertiary/aromatic N) is 5. The van der Waals surface area contributed by atoms with Gasteiger partial charge in [-0.2, -0.15) is 4.68 Å². The van der Waals surface area contributed by atoms with Gasteiger partial charge in [-0.05, 0) is 68.3 Å². The predicted octanol–water partition coefficient (Wildman–Crippen LogP) is 3.69. The fourth-order valence-electron chi connectivity index (χ4n) is 3.15. The van der Waals surface area contributed by atoms with Crippen molar-refractivity contribution in [2.45, 2.75) is 46.3 Å². The Bertz CT molecular complexity index is 957. The van der Waals surface area contributed by atoms with E-state index in [0.29, 0.717) is 10.9 Å². The molecule has 0 amide bonds. The molecule has 2 heterocycles. The second kappa shape index (κ2) is 7.45. The van der Waals surface area contributed by atoms with Crippen LogP contribution in [0.25, 0.3) is 5.69 Å². The van der Waals surface area contributed by atoms with Crippen molar-refractivity contribution in [1.29, 1.82) is 0 Å². The van der Waals surface area contributed by atoms with Crippen LogP contribution in [0.4, 0.5) is 0 Å². The first-order chi connectivity index (χ1) is 12.4. The third-order valence-electron chi connectivity index (χ3n) is 4.56. The van der Waals surface area contributed by atoms with Crippen LogP contribution < -0.4 is 0 Å². The summed E-state index contributed by atoms with van der Waals surface area (Å²) in [5.74, 6) is 0.400. The third kappa shape index (κ3) is 3.44. The van der Waals surface area contributed by atoms with Gasteiger partial charge in [0.25, 0.3) is 0 Å². The Morgan fingerprint density at radius 3 is 2.62 bits per heavy atom. The highest BCUT2D eigenvalue weighted by molar-refractivity contribution is 7.99. The van der Waals surface area contributed by atoms with Gasteiger partial charge in [0.1, 0.15) is 0 Å². The van der Waals surface area contributed by atoms with E-state index in [1.54, 1.807) is 4.68 Å². The summed E-state index contributed by atoms with van der Waals surface area (Å²) in [6, 6.07) is 8.12. The topological polar surface area (TPSA) is 65.6 Å². The van der Waals surface area contributed by atoms with Crippen LogP contribution in [0, 0.1) is 27.7 Å². The summed E-state index contributed by atoms with van der Waals surface area (Å²) in [6.07, 6.45) is 0. The molecule has 0 saturated carbocycles. The average molecular weight is 369 g/mol. The Morgan fingerprint density at radius 2 is 1.92 bits per heavy atom. The fraction of sp³-hybridized carbons (Fsp3) is 0.368. The molecule has 0 aliphatic carbocycles. The lowest BCUT2D eigenvalue weighted by Gasteiger charge is -2.08. The van der Waals surface area contributed by atoms with E-state index in [4.69, 9.17) is 0 Å². The molecule has 1 aromatic carbocycles. The summed E-state index contributed by atoms with van der Waals surface area (Å²) < 4.78 is 3.85. The van der Waals surface area contributed by atoms with Gasteiger partial charge in [0.15, 0.2) is 5.78 Å². The van der Waals surface area contributed by atoms with Crippen molar-refractivity contribution in [2.24, 2.45) is 0 Å². The first-order valence-electron chi connectivity index (χ1n) is 8.61. The first-order valence-corrected chi connectivity index (χ1v) is 9.59. The molecule has 0 fully saturated rings. The second-order valence-corrected chi connectivity index (χ2v) is 7.35. The summed E-state index contributed by atoms with van der Waals surface area (Å²) in [5, 5.41) is 12.6. The number of ketones is 1. The Kier molecular flexibility index (Phi) is 5.27. The van der Waals surface area contributed by atoms with E-state index < -0.39 is 0 Å². The van der Waals surface area contributed by atoms with Crippen molar-refractivity contribution in [3.63, 3.8) is 0 Å².